The molecule has 0 radical (unpaired) electrons. The van der Waals surface area contributed by atoms with Crippen molar-refractivity contribution in [3.8, 4) is 0 Å². The van der Waals surface area contributed by atoms with Crippen molar-refractivity contribution >= 4 is 11.8 Å². The number of carbonyl (C=O) groups is 2. The molecule has 0 aromatic carbocycles. The van der Waals surface area contributed by atoms with E-state index >= 15 is 0 Å². The molecule has 0 aromatic rings. The Morgan fingerprint density at radius 2 is 1.90 bits per heavy atom. The van der Waals surface area contributed by atoms with Gasteiger partial charge < -0.3 is 43.7 Å². The molecule has 224 valence electrons. The number of rotatable bonds is 2. The maximum Gasteiger partial charge on any atom is 0.331 e. The standard InChI is InChI=1S/C30H38O11/c1-13-7-20(36-4)30(35)25(38-13)39-17-9-15-10-19-29(41-19)23(26(15,2)11-18(17)40-30)22(32)24(33)27(3)16(5-6-28(27,29)34)14-8-21(31)37-12-14/h8-9,13,16-20,22-23,25,32,34-35H,5-7,10-12H2,1-4H3/t13-,16-,17-,18-,19+,20-,22+,23-,25+,26+,27+,28-,29+,30+/m1/s1. The van der Waals surface area contributed by atoms with Crippen molar-refractivity contribution in [2.45, 2.75) is 113 Å². The molecular weight excluding hydrogens is 536 g/mol. The van der Waals surface area contributed by atoms with Gasteiger partial charge >= 0.3 is 5.97 Å². The van der Waals surface area contributed by atoms with Crippen LogP contribution in [0.4, 0.5) is 0 Å². The van der Waals surface area contributed by atoms with Gasteiger partial charge in [-0.05, 0) is 56.4 Å². The molecule has 3 saturated heterocycles. The molecule has 6 fully saturated rings. The Morgan fingerprint density at radius 3 is 2.61 bits per heavy atom. The van der Waals surface area contributed by atoms with Gasteiger partial charge in [-0.3, -0.25) is 4.79 Å². The third kappa shape index (κ3) is 2.97. The average Bonchev–Trinajstić information content (AvgIpc) is 3.36. The summed E-state index contributed by atoms with van der Waals surface area (Å²) in [6, 6.07) is 0. The van der Waals surface area contributed by atoms with E-state index in [0.29, 0.717) is 37.7 Å². The van der Waals surface area contributed by atoms with Crippen LogP contribution in [0.25, 0.3) is 0 Å². The average molecular weight is 575 g/mol. The quantitative estimate of drug-likeness (QED) is 0.242. The molecule has 4 aliphatic carbocycles. The fraction of sp³-hybridized carbons (Fsp3) is 0.800. The summed E-state index contributed by atoms with van der Waals surface area (Å²) >= 11 is 0. The van der Waals surface area contributed by atoms with Crippen LogP contribution in [0, 0.1) is 22.7 Å². The van der Waals surface area contributed by atoms with E-state index in [1.807, 2.05) is 19.9 Å². The molecule has 4 heterocycles. The highest BCUT2D eigenvalue weighted by molar-refractivity contribution is 5.94. The molecule has 11 heteroatoms. The number of epoxide rings is 1. The first kappa shape index (κ1) is 26.9. The molecule has 8 rings (SSSR count). The van der Waals surface area contributed by atoms with Crippen molar-refractivity contribution < 1.29 is 53.3 Å². The van der Waals surface area contributed by atoms with E-state index in [-0.39, 0.29) is 18.8 Å². The summed E-state index contributed by atoms with van der Waals surface area (Å²) in [5, 5.41) is 36.1. The predicted molar refractivity (Wildman–Crippen MR) is 137 cm³/mol. The number of hydrogen-bond acceptors (Lipinski definition) is 11. The van der Waals surface area contributed by atoms with Crippen molar-refractivity contribution in [1.29, 1.82) is 0 Å². The van der Waals surface area contributed by atoms with E-state index in [1.54, 1.807) is 6.92 Å². The zero-order valence-corrected chi connectivity index (χ0v) is 23.7. The Kier molecular flexibility index (Phi) is 5.29. The van der Waals surface area contributed by atoms with Crippen molar-refractivity contribution in [3.05, 3.63) is 23.3 Å². The monoisotopic (exact) mass is 574 g/mol. The number of ketones is 1. The molecule has 0 bridgehead atoms. The number of fused-ring (bicyclic) bond motifs is 5. The van der Waals surface area contributed by atoms with Crippen LogP contribution in [0.5, 0.6) is 0 Å². The van der Waals surface area contributed by atoms with Crippen LogP contribution in [-0.2, 0) is 38.0 Å². The third-order valence-corrected chi connectivity index (χ3v) is 12.2. The molecule has 3 N–H and O–H groups in total. The van der Waals surface area contributed by atoms with Crippen LogP contribution in [0.15, 0.2) is 23.3 Å². The van der Waals surface area contributed by atoms with E-state index < -0.39 is 82.1 Å². The second kappa shape index (κ2) is 8.06. The number of cyclic esters (lactones) is 1. The first-order valence-corrected chi connectivity index (χ1v) is 14.8. The summed E-state index contributed by atoms with van der Waals surface area (Å²) in [6.45, 7) is 5.69. The molecule has 0 unspecified atom stereocenters. The lowest BCUT2D eigenvalue weighted by atomic mass is 9.43. The number of carbonyl (C=O) groups excluding carboxylic acids is 2. The topological polar surface area (TPSA) is 154 Å². The maximum absolute atomic E-state index is 14.3. The highest BCUT2D eigenvalue weighted by atomic mass is 16.8. The van der Waals surface area contributed by atoms with Crippen LogP contribution in [0.3, 0.4) is 0 Å². The summed E-state index contributed by atoms with van der Waals surface area (Å²) in [4.78, 5) is 26.2. The van der Waals surface area contributed by atoms with Crippen LogP contribution >= 0.6 is 0 Å². The number of Topliss-reactive ketones (excluding diaryl/α,β-unsaturated/α-hetero) is 1. The van der Waals surface area contributed by atoms with Crippen LogP contribution in [0.1, 0.15) is 52.9 Å². The van der Waals surface area contributed by atoms with Crippen LogP contribution < -0.4 is 0 Å². The van der Waals surface area contributed by atoms with Gasteiger partial charge in [0.15, 0.2) is 5.78 Å². The zero-order chi connectivity index (χ0) is 28.9. The molecule has 1 spiro atoms. The van der Waals surface area contributed by atoms with Crippen molar-refractivity contribution in [2.75, 3.05) is 13.7 Å². The van der Waals surface area contributed by atoms with Crippen LogP contribution in [0.2, 0.25) is 0 Å². The SMILES string of the molecule is CO[C@@H]1C[C@@H](C)O[C@H]2O[C@@H]3C=C4C[C@@H]5O[C@]56[C@H]([C@H](O)C(=O)[C@]5(C)[C@@H](C7=CC(=O)OC7)CC[C@]65O)[C@@]4(C)C[C@H]3O[C@]21O. The smallest absolute Gasteiger partial charge is 0.331 e. The second-order valence-corrected chi connectivity index (χ2v) is 13.9. The van der Waals surface area contributed by atoms with Crippen molar-refractivity contribution in [2.24, 2.45) is 22.7 Å². The van der Waals surface area contributed by atoms with E-state index in [1.165, 1.54) is 13.2 Å². The van der Waals surface area contributed by atoms with E-state index in [2.05, 4.69) is 0 Å². The summed E-state index contributed by atoms with van der Waals surface area (Å²) in [5.41, 5.74) is -3.16. The second-order valence-electron chi connectivity index (χ2n) is 13.9. The fourth-order valence-electron chi connectivity index (χ4n) is 10.2. The van der Waals surface area contributed by atoms with Crippen LogP contribution in [-0.4, -0.2) is 101 Å². The Labute approximate surface area is 237 Å². The Morgan fingerprint density at radius 1 is 1.12 bits per heavy atom. The van der Waals surface area contributed by atoms with Gasteiger partial charge in [-0.25, -0.2) is 4.79 Å². The number of hydrogen-bond donors (Lipinski definition) is 3. The Bertz CT molecular complexity index is 1290. The lowest BCUT2D eigenvalue weighted by molar-refractivity contribution is -0.450. The number of aliphatic hydroxyl groups excluding tert-OH is 1. The normalized spacial score (nSPS) is 58.6. The molecule has 0 amide bonds. The number of esters is 1. The molecule has 11 nitrogen and oxygen atoms in total. The molecule has 3 saturated carbocycles. The van der Waals surface area contributed by atoms with Gasteiger partial charge in [0.2, 0.25) is 12.1 Å². The third-order valence-electron chi connectivity index (χ3n) is 12.2. The Balaban J connectivity index is 1.18. The largest absolute Gasteiger partial charge is 0.458 e. The number of ether oxygens (including phenoxy) is 6. The first-order chi connectivity index (χ1) is 19.3. The molecule has 41 heavy (non-hydrogen) atoms. The van der Waals surface area contributed by atoms with E-state index in [4.69, 9.17) is 28.4 Å². The van der Waals surface area contributed by atoms with Gasteiger partial charge in [-0.1, -0.05) is 18.6 Å². The van der Waals surface area contributed by atoms with Gasteiger partial charge in [0.1, 0.15) is 36.1 Å². The summed E-state index contributed by atoms with van der Waals surface area (Å²) < 4.78 is 35.8. The Hall–Kier alpha value is -1.70. The summed E-state index contributed by atoms with van der Waals surface area (Å²) in [5.74, 6) is -3.89. The zero-order valence-electron chi connectivity index (χ0n) is 23.7. The highest BCUT2D eigenvalue weighted by Crippen LogP contribution is 2.76. The predicted octanol–water partition coefficient (Wildman–Crippen LogP) is 0.677. The van der Waals surface area contributed by atoms with E-state index in [0.717, 1.165) is 5.57 Å². The van der Waals surface area contributed by atoms with Gasteiger partial charge in [0.05, 0.1) is 23.7 Å². The lowest BCUT2D eigenvalue weighted by Crippen LogP contribution is -2.75. The summed E-state index contributed by atoms with van der Waals surface area (Å²) in [7, 11) is 1.52. The summed E-state index contributed by atoms with van der Waals surface area (Å²) in [6.07, 6.45) is 0.648. The van der Waals surface area contributed by atoms with Gasteiger partial charge in [0, 0.05) is 25.5 Å². The number of aliphatic hydroxyl groups is 3. The van der Waals surface area contributed by atoms with Crippen molar-refractivity contribution in [1.82, 2.24) is 0 Å². The highest BCUT2D eigenvalue weighted by Gasteiger charge is 2.88. The lowest BCUT2D eigenvalue weighted by Gasteiger charge is -2.62. The van der Waals surface area contributed by atoms with Crippen molar-refractivity contribution in [3.63, 3.8) is 0 Å². The molecule has 8 aliphatic rings. The minimum atomic E-state index is -1.82. The van der Waals surface area contributed by atoms with Gasteiger partial charge in [0.25, 0.3) is 0 Å². The number of methoxy groups -OCH3 is 1. The van der Waals surface area contributed by atoms with Gasteiger partial charge in [-0.15, -0.1) is 0 Å². The minimum absolute atomic E-state index is 0.0825. The maximum atomic E-state index is 14.3. The van der Waals surface area contributed by atoms with Gasteiger partial charge in [-0.2, -0.15) is 0 Å². The fourth-order valence-corrected chi connectivity index (χ4v) is 10.2. The molecular formula is C30H38O11. The first-order valence-electron chi connectivity index (χ1n) is 14.8. The minimum Gasteiger partial charge on any atom is -0.458 e. The molecule has 4 aliphatic heterocycles. The molecule has 14 atom stereocenters. The van der Waals surface area contributed by atoms with E-state index in [9.17, 15) is 24.9 Å². The molecule has 0 aromatic heterocycles.